The van der Waals surface area contributed by atoms with Gasteiger partial charge in [-0.15, -0.1) is 0 Å². The average Bonchev–Trinajstić information content (AvgIpc) is 2.57. The highest BCUT2D eigenvalue weighted by atomic mass is 16.1. The molecule has 0 fully saturated rings. The molecule has 0 radical (unpaired) electrons. The molecule has 1 amide bonds. The van der Waals surface area contributed by atoms with Gasteiger partial charge in [-0.3, -0.25) is 4.79 Å². The first-order chi connectivity index (χ1) is 12.4. The molecule has 0 aliphatic rings. The first kappa shape index (κ1) is 17.6. The summed E-state index contributed by atoms with van der Waals surface area (Å²) in [7, 11) is 0. The molecule has 3 rings (SSSR count). The van der Waals surface area contributed by atoms with Crippen LogP contribution in [-0.2, 0) is 0 Å². The van der Waals surface area contributed by atoms with Gasteiger partial charge in [0.25, 0.3) is 5.91 Å². The summed E-state index contributed by atoms with van der Waals surface area (Å²) in [6, 6.07) is 12.1. The maximum atomic E-state index is 12.4. The fourth-order valence-corrected chi connectivity index (χ4v) is 2.84. The summed E-state index contributed by atoms with van der Waals surface area (Å²) in [5.41, 5.74) is 6.51. The predicted molar refractivity (Wildman–Crippen MR) is 105 cm³/mol. The zero-order valence-electron chi connectivity index (χ0n) is 15.4. The molecule has 0 atom stereocenters. The van der Waals surface area contributed by atoms with E-state index >= 15 is 0 Å². The topological polar surface area (TPSA) is 66.9 Å². The Balaban J connectivity index is 1.71. The molecule has 0 saturated carbocycles. The van der Waals surface area contributed by atoms with Crippen LogP contribution in [0.25, 0.3) is 0 Å². The fraction of sp³-hybridized carbons (Fsp3) is 0.190. The van der Waals surface area contributed by atoms with Crippen LogP contribution in [0.4, 0.5) is 17.2 Å². The molecule has 1 heterocycles. The Morgan fingerprint density at radius 1 is 0.846 bits per heavy atom. The van der Waals surface area contributed by atoms with Crippen LogP contribution < -0.4 is 10.6 Å². The van der Waals surface area contributed by atoms with E-state index in [2.05, 4.69) is 26.7 Å². The van der Waals surface area contributed by atoms with Gasteiger partial charge in [-0.05, 0) is 62.6 Å². The van der Waals surface area contributed by atoms with Crippen molar-refractivity contribution in [3.63, 3.8) is 0 Å². The van der Waals surface area contributed by atoms with Gasteiger partial charge in [-0.2, -0.15) is 0 Å². The van der Waals surface area contributed by atoms with Gasteiger partial charge in [-0.25, -0.2) is 9.97 Å². The summed E-state index contributed by atoms with van der Waals surface area (Å²) >= 11 is 0. The third-order valence-electron chi connectivity index (χ3n) is 4.01. The van der Waals surface area contributed by atoms with Crippen LogP contribution in [0.15, 0.2) is 48.8 Å². The van der Waals surface area contributed by atoms with Gasteiger partial charge in [-0.1, -0.05) is 23.8 Å². The number of nitrogens with one attached hydrogen (secondary N) is 2. The molecular weight excluding hydrogens is 324 g/mol. The first-order valence-corrected chi connectivity index (χ1v) is 8.47. The zero-order chi connectivity index (χ0) is 18.7. The van der Waals surface area contributed by atoms with E-state index in [-0.39, 0.29) is 11.6 Å². The number of hydrogen-bond donors (Lipinski definition) is 2. The van der Waals surface area contributed by atoms with Crippen molar-refractivity contribution in [2.45, 2.75) is 27.7 Å². The number of carbonyl (C=O) groups excluding carboxylic acids is 1. The van der Waals surface area contributed by atoms with Crippen LogP contribution in [0, 0.1) is 27.7 Å². The van der Waals surface area contributed by atoms with Crippen LogP contribution in [0.5, 0.6) is 0 Å². The lowest BCUT2D eigenvalue weighted by Crippen LogP contribution is -2.15. The zero-order valence-corrected chi connectivity index (χ0v) is 15.4. The Hall–Kier alpha value is -3.21. The SMILES string of the molecule is Cc1cc(C)cc(Nc2cnc(C(=O)Nc3ccc(C)cc3C)cn2)c1. The smallest absolute Gasteiger partial charge is 0.275 e. The molecule has 26 heavy (non-hydrogen) atoms. The first-order valence-electron chi connectivity index (χ1n) is 8.47. The van der Waals surface area contributed by atoms with Crippen LogP contribution in [0.2, 0.25) is 0 Å². The highest BCUT2D eigenvalue weighted by Gasteiger charge is 2.10. The summed E-state index contributed by atoms with van der Waals surface area (Å²) < 4.78 is 0. The largest absolute Gasteiger partial charge is 0.339 e. The van der Waals surface area contributed by atoms with Crippen molar-refractivity contribution >= 4 is 23.1 Å². The number of nitrogens with zero attached hydrogens (tertiary/aromatic N) is 2. The lowest BCUT2D eigenvalue weighted by Gasteiger charge is -2.10. The van der Waals surface area contributed by atoms with Crippen molar-refractivity contribution in [3.8, 4) is 0 Å². The van der Waals surface area contributed by atoms with E-state index in [1.807, 2.05) is 58.0 Å². The number of hydrogen-bond acceptors (Lipinski definition) is 4. The van der Waals surface area contributed by atoms with Crippen LogP contribution in [-0.4, -0.2) is 15.9 Å². The van der Waals surface area contributed by atoms with E-state index in [1.54, 1.807) is 6.20 Å². The van der Waals surface area contributed by atoms with Gasteiger partial charge >= 0.3 is 0 Å². The third-order valence-corrected chi connectivity index (χ3v) is 4.01. The second-order valence-corrected chi connectivity index (χ2v) is 6.56. The van der Waals surface area contributed by atoms with Crippen molar-refractivity contribution < 1.29 is 4.79 Å². The quantitative estimate of drug-likeness (QED) is 0.718. The van der Waals surface area contributed by atoms with Crippen LogP contribution in [0.1, 0.15) is 32.7 Å². The van der Waals surface area contributed by atoms with E-state index < -0.39 is 0 Å². The normalized spacial score (nSPS) is 10.5. The molecule has 1 aromatic heterocycles. The Morgan fingerprint density at radius 3 is 2.19 bits per heavy atom. The molecule has 0 aliphatic heterocycles. The molecule has 0 saturated heterocycles. The molecule has 0 unspecified atom stereocenters. The predicted octanol–water partition coefficient (Wildman–Crippen LogP) is 4.71. The Kier molecular flexibility index (Phi) is 4.98. The standard InChI is InChI=1S/C21H22N4O/c1-13-5-6-18(16(4)8-13)25-21(26)19-11-23-20(12-22-19)24-17-9-14(2)7-15(3)10-17/h5-12H,1-4H3,(H,23,24)(H,25,26). The lowest BCUT2D eigenvalue weighted by atomic mass is 10.1. The fourth-order valence-electron chi connectivity index (χ4n) is 2.84. The molecule has 2 N–H and O–H groups in total. The number of anilines is 3. The second-order valence-electron chi connectivity index (χ2n) is 6.56. The summed E-state index contributed by atoms with van der Waals surface area (Å²) in [5.74, 6) is 0.320. The summed E-state index contributed by atoms with van der Waals surface area (Å²) in [6.07, 6.45) is 3.04. The number of benzene rings is 2. The number of aryl methyl sites for hydroxylation is 4. The average molecular weight is 346 g/mol. The van der Waals surface area contributed by atoms with Crippen molar-refractivity contribution in [1.82, 2.24) is 9.97 Å². The minimum absolute atomic E-state index is 0.274. The monoisotopic (exact) mass is 346 g/mol. The molecule has 132 valence electrons. The van der Waals surface area contributed by atoms with Gasteiger partial charge < -0.3 is 10.6 Å². The molecule has 5 nitrogen and oxygen atoms in total. The van der Waals surface area contributed by atoms with Crippen LogP contribution in [0.3, 0.4) is 0 Å². The maximum Gasteiger partial charge on any atom is 0.275 e. The summed E-state index contributed by atoms with van der Waals surface area (Å²) in [4.78, 5) is 20.9. The number of amides is 1. The molecule has 2 aromatic carbocycles. The third kappa shape index (κ3) is 4.25. The van der Waals surface area contributed by atoms with Crippen molar-refractivity contribution in [2.24, 2.45) is 0 Å². The molecular formula is C21H22N4O. The van der Waals surface area contributed by atoms with E-state index in [4.69, 9.17) is 0 Å². The molecule has 0 aliphatic carbocycles. The van der Waals surface area contributed by atoms with E-state index in [0.29, 0.717) is 5.82 Å². The van der Waals surface area contributed by atoms with Crippen molar-refractivity contribution in [2.75, 3.05) is 10.6 Å². The Bertz CT molecular complexity index is 928. The van der Waals surface area contributed by atoms with Gasteiger partial charge in [0.2, 0.25) is 0 Å². The van der Waals surface area contributed by atoms with Crippen molar-refractivity contribution in [3.05, 3.63) is 76.7 Å². The van der Waals surface area contributed by atoms with Gasteiger partial charge in [0, 0.05) is 11.4 Å². The molecule has 3 aromatic rings. The molecule has 5 heteroatoms. The van der Waals surface area contributed by atoms with E-state index in [1.165, 1.54) is 17.3 Å². The lowest BCUT2D eigenvalue weighted by molar-refractivity contribution is 0.102. The highest BCUT2D eigenvalue weighted by molar-refractivity contribution is 6.03. The summed E-state index contributed by atoms with van der Waals surface area (Å²) in [6.45, 7) is 8.07. The van der Waals surface area contributed by atoms with Gasteiger partial charge in [0.15, 0.2) is 0 Å². The Morgan fingerprint density at radius 2 is 1.58 bits per heavy atom. The Labute approximate surface area is 153 Å². The number of aromatic nitrogens is 2. The maximum absolute atomic E-state index is 12.4. The van der Waals surface area contributed by atoms with E-state index in [0.717, 1.165) is 22.5 Å². The minimum Gasteiger partial charge on any atom is -0.339 e. The second kappa shape index (κ2) is 7.35. The number of rotatable bonds is 4. The number of carbonyl (C=O) groups is 1. The highest BCUT2D eigenvalue weighted by Crippen LogP contribution is 2.19. The van der Waals surface area contributed by atoms with Gasteiger partial charge in [0.05, 0.1) is 12.4 Å². The molecule has 0 bridgehead atoms. The minimum atomic E-state index is -0.276. The van der Waals surface area contributed by atoms with E-state index in [9.17, 15) is 4.79 Å². The van der Waals surface area contributed by atoms with Crippen LogP contribution >= 0.6 is 0 Å². The van der Waals surface area contributed by atoms with Gasteiger partial charge in [0.1, 0.15) is 11.5 Å². The van der Waals surface area contributed by atoms with Crippen molar-refractivity contribution in [1.29, 1.82) is 0 Å². The summed E-state index contributed by atoms with van der Waals surface area (Å²) in [5, 5.41) is 6.09. The molecule has 0 spiro atoms.